The van der Waals surface area contributed by atoms with Gasteiger partial charge in [0.1, 0.15) is 0 Å². The van der Waals surface area contributed by atoms with Gasteiger partial charge in [0.2, 0.25) is 0 Å². The summed E-state index contributed by atoms with van der Waals surface area (Å²) in [4.78, 5) is 0. The summed E-state index contributed by atoms with van der Waals surface area (Å²) < 4.78 is 81.5. The predicted molar refractivity (Wildman–Crippen MR) is 259 cm³/mol. The number of fused-ring (bicyclic) bond motifs is 8. The van der Waals surface area contributed by atoms with Crippen LogP contribution in [-0.2, 0) is 37.1 Å². The molecule has 359 valence electrons. The summed E-state index contributed by atoms with van der Waals surface area (Å²) in [6, 6.07) is 26.8. The Hall–Kier alpha value is -4.42. The Bertz CT molecular complexity index is 2950. The molecule has 6 aliphatic carbocycles. The van der Waals surface area contributed by atoms with Crippen LogP contribution in [0.1, 0.15) is 84.1 Å². The van der Waals surface area contributed by atoms with Crippen molar-refractivity contribution in [2.75, 3.05) is 0 Å². The molecule has 2 saturated carbocycles. The molecular formula is C61H55Cl2F6Zr. The van der Waals surface area contributed by atoms with Gasteiger partial charge in [-0.1, -0.05) is 0 Å². The minimum atomic E-state index is -4.43. The van der Waals surface area contributed by atoms with E-state index in [1.165, 1.54) is 71.3 Å². The van der Waals surface area contributed by atoms with Gasteiger partial charge in [-0.25, -0.2) is 0 Å². The van der Waals surface area contributed by atoms with Crippen LogP contribution in [0, 0.1) is 37.9 Å². The monoisotopic (exact) mass is 1060 g/mol. The molecule has 0 bridgehead atoms. The van der Waals surface area contributed by atoms with Gasteiger partial charge in [0.15, 0.2) is 0 Å². The first kappa shape index (κ1) is 51.9. The minimum absolute atomic E-state index is 0. The van der Waals surface area contributed by atoms with Crippen LogP contribution in [-0.4, -0.2) is 0 Å². The van der Waals surface area contributed by atoms with Gasteiger partial charge in [-0.3, -0.25) is 0 Å². The Balaban J connectivity index is 0.00000329. The number of benzene rings is 4. The van der Waals surface area contributed by atoms with Gasteiger partial charge in [-0.15, -0.1) is 0 Å². The number of hydrogen-bond acceptors (Lipinski definition) is 0. The average Bonchev–Trinajstić information content (AvgIpc) is 3.89. The standard InChI is InChI=1S/C61H55F6.2ClH.Zr/c1-39-51(44-15-9-10-16-44)50(37-49-38-57(6)55(4)35-12-11-33-53(55,2)54(3)34-13-14-36-56(54,5)59(57,8)58(39,49)7)52(45-21-17-40(18-22-45)42-25-29-47(30-26-42)60(62,63)64)46-23-19-41(20-24-46)43-27-31-48(32-28-43)61(65,66)67;;;/h9-15,17-38H,16H2,1-8H3;2*1H;/q;;;+2/p-2. The van der Waals surface area contributed by atoms with Crippen molar-refractivity contribution in [2.24, 2.45) is 37.9 Å². The summed E-state index contributed by atoms with van der Waals surface area (Å²) in [5.41, 5.74) is 8.84. The molecule has 0 aliphatic heterocycles. The largest absolute Gasteiger partial charge is 1.00 e. The van der Waals surface area contributed by atoms with Crippen molar-refractivity contribution in [1.29, 1.82) is 0 Å². The zero-order valence-corrected chi connectivity index (χ0v) is 44.4. The fourth-order valence-corrected chi connectivity index (χ4v) is 17.0. The fourth-order valence-electron chi connectivity index (χ4n) is 14.7. The van der Waals surface area contributed by atoms with Crippen LogP contribution in [0.15, 0.2) is 198 Å². The maximum Gasteiger partial charge on any atom is -1.00 e. The zero-order valence-electron chi connectivity index (χ0n) is 40.5. The smallest absolute Gasteiger partial charge is 1.00 e. The van der Waals surface area contributed by atoms with E-state index in [0.29, 0.717) is 11.1 Å². The van der Waals surface area contributed by atoms with E-state index in [1.807, 2.05) is 24.3 Å². The summed E-state index contributed by atoms with van der Waals surface area (Å²) in [6.45, 7) is 20.2. The zero-order chi connectivity index (χ0) is 48.7. The second-order valence-electron chi connectivity index (χ2n) is 21.1. The molecule has 4 aromatic carbocycles. The van der Waals surface area contributed by atoms with Gasteiger partial charge in [0.05, 0.1) is 11.1 Å². The van der Waals surface area contributed by atoms with Crippen molar-refractivity contribution in [3.05, 3.63) is 220 Å². The van der Waals surface area contributed by atoms with Crippen LogP contribution in [0.3, 0.4) is 0 Å². The van der Waals surface area contributed by atoms with Crippen LogP contribution in [0.25, 0.3) is 27.8 Å². The predicted octanol–water partition coefficient (Wildman–Crippen LogP) is 11.7. The summed E-state index contributed by atoms with van der Waals surface area (Å²) in [5.74, 6) is 0. The van der Waals surface area contributed by atoms with Gasteiger partial charge < -0.3 is 24.8 Å². The third-order valence-corrected chi connectivity index (χ3v) is 21.5. The van der Waals surface area contributed by atoms with Crippen molar-refractivity contribution in [3.8, 4) is 22.3 Å². The molecule has 4 aromatic rings. The van der Waals surface area contributed by atoms with Crippen molar-refractivity contribution in [1.82, 2.24) is 0 Å². The first-order valence-corrected chi connectivity index (χ1v) is 24.9. The van der Waals surface area contributed by atoms with E-state index in [-0.39, 0.29) is 60.9 Å². The molecule has 0 radical (unpaired) electrons. The first-order valence-electron chi connectivity index (χ1n) is 23.5. The Labute approximate surface area is 436 Å². The molecule has 10 rings (SSSR count). The molecule has 8 unspecified atom stereocenters. The normalized spacial score (nSPS) is 32.6. The summed E-state index contributed by atoms with van der Waals surface area (Å²) in [7, 11) is 0. The molecule has 0 heterocycles. The van der Waals surface area contributed by atoms with Crippen LogP contribution in [0.2, 0.25) is 3.63 Å². The van der Waals surface area contributed by atoms with Crippen molar-refractivity contribution >= 4 is 5.57 Å². The Morgan fingerprint density at radius 1 is 0.529 bits per heavy atom. The summed E-state index contributed by atoms with van der Waals surface area (Å²) in [5, 5.41) is 0. The van der Waals surface area contributed by atoms with E-state index < -0.39 is 28.9 Å². The number of hydrogen-bond donors (Lipinski definition) is 0. The van der Waals surface area contributed by atoms with E-state index in [0.717, 1.165) is 64.1 Å². The van der Waals surface area contributed by atoms with Crippen LogP contribution in [0.5, 0.6) is 0 Å². The number of allylic oxidation sites excluding steroid dienone is 17. The molecule has 0 N–H and O–H groups in total. The number of rotatable bonds is 5. The molecule has 0 amide bonds. The molecule has 6 aliphatic rings. The fraction of sp³-hybridized carbons (Fsp3) is 0.311. The Morgan fingerprint density at radius 3 is 1.31 bits per heavy atom. The first-order chi connectivity index (χ1) is 31.9. The molecule has 0 aromatic heterocycles. The van der Waals surface area contributed by atoms with Gasteiger partial charge in [-0.2, -0.15) is 26.3 Å². The molecule has 0 nitrogen and oxygen atoms in total. The molecule has 8 atom stereocenters. The van der Waals surface area contributed by atoms with E-state index in [9.17, 15) is 26.3 Å². The maximum atomic E-state index is 13.6. The van der Waals surface area contributed by atoms with E-state index in [2.05, 4.69) is 153 Å². The molecule has 2 fully saturated rings. The van der Waals surface area contributed by atoms with Gasteiger partial charge >= 0.3 is 377 Å². The Morgan fingerprint density at radius 2 is 0.914 bits per heavy atom. The summed E-state index contributed by atoms with van der Waals surface area (Å²) >= 11 is 1.45. The molecule has 9 heteroatoms. The van der Waals surface area contributed by atoms with Gasteiger partial charge in [0.25, 0.3) is 0 Å². The number of halogens is 8. The van der Waals surface area contributed by atoms with E-state index >= 15 is 0 Å². The third kappa shape index (κ3) is 6.65. The van der Waals surface area contributed by atoms with Crippen LogP contribution in [0.4, 0.5) is 26.3 Å². The van der Waals surface area contributed by atoms with Crippen LogP contribution < -0.4 is 24.8 Å². The molecule has 0 spiro atoms. The quantitative estimate of drug-likeness (QED) is 0.175. The molecule has 0 saturated heterocycles. The second kappa shape index (κ2) is 17.1. The third-order valence-electron chi connectivity index (χ3n) is 19.3. The van der Waals surface area contributed by atoms with Crippen molar-refractivity contribution < 1.29 is 75.9 Å². The SMILES string of the molecule is CC1=C(C2=CC=CC2)C(=C(c2ccc(-c3ccc(C(F)(F)F)cc3)cc2)c2ccc(-c3ccc(C(F)(F)F)cc3)cc2)C=C2[CH]([Zr+2])C3(C)C4(C)C=CC=CC4(C)C4(C)C=CC=CC4(C)C3(C)C21C.[Cl-].[Cl-]. The maximum absolute atomic E-state index is 13.6. The van der Waals surface area contributed by atoms with Crippen LogP contribution >= 0.6 is 0 Å². The van der Waals surface area contributed by atoms with E-state index in [1.54, 1.807) is 0 Å². The molecular weight excluding hydrogens is 1010 g/mol. The van der Waals surface area contributed by atoms with Gasteiger partial charge in [-0.05, 0) is 0 Å². The average molecular weight is 1060 g/mol. The Kier molecular flexibility index (Phi) is 12.7. The second-order valence-corrected chi connectivity index (χ2v) is 22.6. The van der Waals surface area contributed by atoms with Gasteiger partial charge in [0, 0.05) is 0 Å². The number of alkyl halides is 6. The van der Waals surface area contributed by atoms with E-state index in [4.69, 9.17) is 0 Å². The topological polar surface area (TPSA) is 0 Å². The van der Waals surface area contributed by atoms with Crippen molar-refractivity contribution in [2.45, 2.75) is 77.8 Å². The molecule has 70 heavy (non-hydrogen) atoms. The van der Waals surface area contributed by atoms with Crippen molar-refractivity contribution in [3.63, 3.8) is 0 Å². The minimum Gasteiger partial charge on any atom is -1.00 e. The summed E-state index contributed by atoms with van der Waals surface area (Å²) in [6.07, 6.45) is 20.2.